The molecule has 33 heavy (non-hydrogen) atoms. The lowest BCUT2D eigenvalue weighted by Crippen LogP contribution is -2.36. The number of benzene rings is 2. The molecule has 0 spiro atoms. The van der Waals surface area contributed by atoms with Crippen LogP contribution in [0.5, 0.6) is 11.5 Å². The van der Waals surface area contributed by atoms with E-state index in [9.17, 15) is 9.59 Å². The van der Waals surface area contributed by atoms with Crippen molar-refractivity contribution >= 4 is 17.5 Å². The third kappa shape index (κ3) is 4.83. The highest BCUT2D eigenvalue weighted by Crippen LogP contribution is 2.37. The van der Waals surface area contributed by atoms with Gasteiger partial charge in [-0.2, -0.15) is 0 Å². The van der Waals surface area contributed by atoms with Crippen molar-refractivity contribution < 1.29 is 19.1 Å². The first-order chi connectivity index (χ1) is 16.1. The van der Waals surface area contributed by atoms with Crippen LogP contribution in [0.1, 0.15) is 43.7 Å². The lowest BCUT2D eigenvalue weighted by atomic mass is 10.0. The molecular formula is C26H31N3O4. The first-order valence-electron chi connectivity index (χ1n) is 11.9. The second-order valence-electron chi connectivity index (χ2n) is 9.29. The Hall–Kier alpha value is -3.06. The maximum Gasteiger partial charge on any atom is 0.231 e. The predicted octanol–water partition coefficient (Wildman–Crippen LogP) is 3.46. The van der Waals surface area contributed by atoms with E-state index < -0.39 is 0 Å². The fourth-order valence-corrected chi connectivity index (χ4v) is 4.91. The smallest absolute Gasteiger partial charge is 0.231 e. The molecule has 3 heterocycles. The average Bonchev–Trinajstić information content (AvgIpc) is 3.46. The summed E-state index contributed by atoms with van der Waals surface area (Å²) in [7, 11) is 0. The molecule has 3 aliphatic heterocycles. The third-order valence-electron chi connectivity index (χ3n) is 6.98. The van der Waals surface area contributed by atoms with E-state index in [0.717, 1.165) is 17.8 Å². The van der Waals surface area contributed by atoms with Gasteiger partial charge in [0.25, 0.3) is 0 Å². The van der Waals surface area contributed by atoms with E-state index in [1.807, 2.05) is 6.07 Å². The zero-order chi connectivity index (χ0) is 22.8. The molecule has 0 aliphatic carbocycles. The fourth-order valence-electron chi connectivity index (χ4n) is 4.91. The van der Waals surface area contributed by atoms with Gasteiger partial charge in [0.1, 0.15) is 0 Å². The standard InChI is InChI=1S/C26H31N3O4/c1-18-4-2-3-11-28(18)15-20-7-5-19(6-8-20)14-27-26(31)21-12-25(30)29(16-21)22-9-10-23-24(13-22)33-17-32-23/h5-10,13,18,21H,2-4,11-12,14-17H2,1H3,(H,27,31). The van der Waals surface area contributed by atoms with E-state index >= 15 is 0 Å². The van der Waals surface area contributed by atoms with Crippen LogP contribution in [0.3, 0.4) is 0 Å². The number of rotatable bonds is 6. The second kappa shape index (κ2) is 9.43. The minimum absolute atomic E-state index is 0.0506. The number of amides is 2. The molecule has 0 aromatic heterocycles. The first kappa shape index (κ1) is 21.8. The van der Waals surface area contributed by atoms with E-state index in [4.69, 9.17) is 9.47 Å². The Labute approximate surface area is 194 Å². The molecule has 2 aromatic rings. The lowest BCUT2D eigenvalue weighted by molar-refractivity contribution is -0.126. The lowest BCUT2D eigenvalue weighted by Gasteiger charge is -2.33. The molecule has 0 radical (unpaired) electrons. The minimum Gasteiger partial charge on any atom is -0.454 e. The van der Waals surface area contributed by atoms with Crippen LogP contribution in [0.2, 0.25) is 0 Å². The maximum atomic E-state index is 12.8. The summed E-state index contributed by atoms with van der Waals surface area (Å²) < 4.78 is 10.7. The molecule has 2 fully saturated rings. The largest absolute Gasteiger partial charge is 0.454 e. The number of hydrogen-bond acceptors (Lipinski definition) is 5. The molecule has 2 atom stereocenters. The van der Waals surface area contributed by atoms with Gasteiger partial charge in [-0.3, -0.25) is 14.5 Å². The van der Waals surface area contributed by atoms with E-state index in [2.05, 4.69) is 41.4 Å². The number of nitrogens with one attached hydrogen (secondary N) is 1. The van der Waals surface area contributed by atoms with Gasteiger partial charge in [0.05, 0.1) is 5.92 Å². The normalized spacial score (nSPS) is 22.6. The minimum atomic E-state index is -0.359. The molecule has 2 saturated heterocycles. The highest BCUT2D eigenvalue weighted by molar-refractivity contribution is 6.00. The van der Waals surface area contributed by atoms with Crippen LogP contribution in [0.4, 0.5) is 5.69 Å². The van der Waals surface area contributed by atoms with Crippen molar-refractivity contribution in [3.63, 3.8) is 0 Å². The highest BCUT2D eigenvalue weighted by Gasteiger charge is 2.35. The van der Waals surface area contributed by atoms with Crippen molar-refractivity contribution in [1.29, 1.82) is 0 Å². The second-order valence-corrected chi connectivity index (χ2v) is 9.29. The van der Waals surface area contributed by atoms with Crippen LogP contribution >= 0.6 is 0 Å². The van der Waals surface area contributed by atoms with Crippen LogP contribution in [0.15, 0.2) is 42.5 Å². The summed E-state index contributed by atoms with van der Waals surface area (Å²) in [5, 5.41) is 3.01. The third-order valence-corrected chi connectivity index (χ3v) is 6.98. The number of likely N-dealkylation sites (tertiary alicyclic amines) is 1. The molecule has 2 unspecified atom stereocenters. The molecule has 7 nitrogen and oxygen atoms in total. The van der Waals surface area contributed by atoms with Gasteiger partial charge < -0.3 is 19.7 Å². The Kier molecular flexibility index (Phi) is 6.22. The van der Waals surface area contributed by atoms with Crippen LogP contribution in [0.25, 0.3) is 0 Å². The molecule has 174 valence electrons. The van der Waals surface area contributed by atoms with E-state index in [1.165, 1.54) is 31.4 Å². The number of fused-ring (bicyclic) bond motifs is 1. The van der Waals surface area contributed by atoms with Crippen molar-refractivity contribution in [2.45, 2.75) is 51.7 Å². The van der Waals surface area contributed by atoms with Gasteiger partial charge >= 0.3 is 0 Å². The maximum absolute atomic E-state index is 12.8. The Bertz CT molecular complexity index is 1020. The molecule has 2 aromatic carbocycles. The zero-order valence-electron chi connectivity index (χ0n) is 19.1. The fraction of sp³-hybridized carbons (Fsp3) is 0.462. The molecular weight excluding hydrogens is 418 g/mol. The summed E-state index contributed by atoms with van der Waals surface area (Å²) in [5.41, 5.74) is 3.11. The number of ether oxygens (including phenoxy) is 2. The summed E-state index contributed by atoms with van der Waals surface area (Å²) in [6.07, 6.45) is 4.11. The number of anilines is 1. The Morgan fingerprint density at radius 2 is 1.85 bits per heavy atom. The zero-order valence-corrected chi connectivity index (χ0v) is 19.1. The van der Waals surface area contributed by atoms with Crippen LogP contribution in [-0.4, -0.2) is 42.6 Å². The summed E-state index contributed by atoms with van der Waals surface area (Å²) in [4.78, 5) is 29.5. The van der Waals surface area contributed by atoms with E-state index in [1.54, 1.807) is 17.0 Å². The average molecular weight is 450 g/mol. The topological polar surface area (TPSA) is 71.1 Å². The van der Waals surface area contributed by atoms with Gasteiger partial charge in [0.15, 0.2) is 11.5 Å². The number of hydrogen-bond donors (Lipinski definition) is 1. The summed E-state index contributed by atoms with van der Waals surface area (Å²) >= 11 is 0. The summed E-state index contributed by atoms with van der Waals surface area (Å²) in [6.45, 7) is 5.49. The van der Waals surface area contributed by atoms with Crippen LogP contribution in [0, 0.1) is 5.92 Å². The first-order valence-corrected chi connectivity index (χ1v) is 11.9. The number of piperidine rings is 1. The van der Waals surface area contributed by atoms with Crippen molar-refractivity contribution in [2.75, 3.05) is 24.8 Å². The number of nitrogens with zero attached hydrogens (tertiary/aromatic N) is 2. The van der Waals surface area contributed by atoms with Gasteiger partial charge in [0.2, 0.25) is 18.6 Å². The molecule has 0 saturated carbocycles. The Morgan fingerprint density at radius 3 is 2.67 bits per heavy atom. The quantitative estimate of drug-likeness (QED) is 0.731. The van der Waals surface area contributed by atoms with Gasteiger partial charge in [-0.15, -0.1) is 0 Å². The van der Waals surface area contributed by atoms with Crippen LogP contribution in [-0.2, 0) is 22.7 Å². The Balaban J connectivity index is 1.13. The molecule has 2 amide bonds. The molecule has 0 bridgehead atoms. The molecule has 7 heteroatoms. The predicted molar refractivity (Wildman–Crippen MR) is 125 cm³/mol. The van der Waals surface area contributed by atoms with Crippen molar-refractivity contribution in [3.05, 3.63) is 53.6 Å². The SMILES string of the molecule is CC1CCCCN1Cc1ccc(CNC(=O)C2CC(=O)N(c3ccc4c(c3)OCO4)C2)cc1. The van der Waals surface area contributed by atoms with E-state index in [-0.39, 0.29) is 30.9 Å². The summed E-state index contributed by atoms with van der Waals surface area (Å²) in [5.74, 6) is 0.813. The van der Waals surface area contributed by atoms with E-state index in [0.29, 0.717) is 30.6 Å². The Morgan fingerprint density at radius 1 is 1.06 bits per heavy atom. The summed E-state index contributed by atoms with van der Waals surface area (Å²) in [6, 6.07) is 14.6. The van der Waals surface area contributed by atoms with Gasteiger partial charge in [0, 0.05) is 43.9 Å². The highest BCUT2D eigenvalue weighted by atomic mass is 16.7. The van der Waals surface area contributed by atoms with Crippen molar-refractivity contribution in [3.8, 4) is 11.5 Å². The van der Waals surface area contributed by atoms with Gasteiger partial charge in [-0.05, 0) is 49.6 Å². The van der Waals surface area contributed by atoms with Gasteiger partial charge in [-0.1, -0.05) is 30.7 Å². The molecule has 1 N–H and O–H groups in total. The monoisotopic (exact) mass is 449 g/mol. The van der Waals surface area contributed by atoms with Crippen LogP contribution < -0.4 is 19.7 Å². The van der Waals surface area contributed by atoms with Gasteiger partial charge in [-0.25, -0.2) is 0 Å². The molecule has 5 rings (SSSR count). The van der Waals surface area contributed by atoms with Crippen molar-refractivity contribution in [2.24, 2.45) is 5.92 Å². The molecule has 3 aliphatic rings. The van der Waals surface area contributed by atoms with Crippen molar-refractivity contribution in [1.82, 2.24) is 10.2 Å². The number of carbonyl (C=O) groups excluding carboxylic acids is 2. The number of carbonyl (C=O) groups is 2.